The standard InChI is InChI=1S/C23H27NO6/c1-5-6-7-13-24-20(17-12-11-14(2)30-17)19(22(26)23(24)27)21(25)18-15(28-3)9-8-10-16(18)29-4/h8-12,20,25H,5-7,13H2,1-4H3/b21-19+. The SMILES string of the molecule is CCCCCN1C(=O)C(=O)/C(=C(/O)c2c(OC)cccc2OC)C1c1ccc(C)o1. The number of rotatable bonds is 8. The molecule has 0 bridgehead atoms. The van der Waals surface area contributed by atoms with Gasteiger partial charge in [0.1, 0.15) is 40.4 Å². The molecule has 30 heavy (non-hydrogen) atoms. The molecule has 2 heterocycles. The van der Waals surface area contributed by atoms with Crippen LogP contribution < -0.4 is 9.47 Å². The molecular formula is C23H27NO6. The summed E-state index contributed by atoms with van der Waals surface area (Å²) in [5.41, 5.74) is 0.191. The number of ketones is 1. The van der Waals surface area contributed by atoms with Crippen LogP contribution in [0.1, 0.15) is 49.3 Å². The van der Waals surface area contributed by atoms with E-state index < -0.39 is 17.7 Å². The van der Waals surface area contributed by atoms with Crippen molar-refractivity contribution in [3.05, 3.63) is 53.0 Å². The number of methoxy groups -OCH3 is 2. The van der Waals surface area contributed by atoms with E-state index in [1.165, 1.54) is 19.1 Å². The number of aryl methyl sites for hydroxylation is 1. The first-order valence-corrected chi connectivity index (χ1v) is 10.0. The van der Waals surface area contributed by atoms with Gasteiger partial charge in [0.25, 0.3) is 11.7 Å². The zero-order valence-corrected chi connectivity index (χ0v) is 17.7. The van der Waals surface area contributed by atoms with Gasteiger partial charge in [0, 0.05) is 6.54 Å². The van der Waals surface area contributed by atoms with E-state index in [1.54, 1.807) is 37.3 Å². The number of likely N-dealkylation sites (tertiary alicyclic amines) is 1. The lowest BCUT2D eigenvalue weighted by Gasteiger charge is -2.23. The number of furan rings is 1. The second-order valence-electron chi connectivity index (χ2n) is 7.19. The molecule has 0 saturated carbocycles. The second kappa shape index (κ2) is 9.07. The molecule has 7 heteroatoms. The van der Waals surface area contributed by atoms with Crippen LogP contribution in [0.2, 0.25) is 0 Å². The molecule has 1 atom stereocenters. The molecule has 1 fully saturated rings. The highest BCUT2D eigenvalue weighted by Crippen LogP contribution is 2.43. The number of aliphatic hydroxyl groups excluding tert-OH is 1. The second-order valence-corrected chi connectivity index (χ2v) is 7.19. The third-order valence-corrected chi connectivity index (χ3v) is 5.24. The first-order chi connectivity index (χ1) is 14.4. The van der Waals surface area contributed by atoms with Crippen LogP contribution in [-0.2, 0) is 9.59 Å². The molecule has 1 aliphatic heterocycles. The Morgan fingerprint density at radius 2 is 1.77 bits per heavy atom. The lowest BCUT2D eigenvalue weighted by Crippen LogP contribution is -2.30. The van der Waals surface area contributed by atoms with E-state index in [9.17, 15) is 14.7 Å². The van der Waals surface area contributed by atoms with Crippen LogP contribution in [0.5, 0.6) is 11.5 Å². The highest BCUT2D eigenvalue weighted by atomic mass is 16.5. The number of benzene rings is 1. The Morgan fingerprint density at radius 3 is 2.30 bits per heavy atom. The number of carbonyl (C=O) groups is 2. The maximum atomic E-state index is 13.0. The van der Waals surface area contributed by atoms with Gasteiger partial charge in [0.2, 0.25) is 0 Å². The molecule has 2 aromatic rings. The lowest BCUT2D eigenvalue weighted by molar-refractivity contribution is -0.140. The van der Waals surface area contributed by atoms with Crippen molar-refractivity contribution in [3.8, 4) is 11.5 Å². The number of amides is 1. The van der Waals surface area contributed by atoms with E-state index in [0.29, 0.717) is 29.6 Å². The van der Waals surface area contributed by atoms with E-state index >= 15 is 0 Å². The van der Waals surface area contributed by atoms with Gasteiger partial charge in [-0.25, -0.2) is 0 Å². The first-order valence-electron chi connectivity index (χ1n) is 10.0. The van der Waals surface area contributed by atoms with Gasteiger partial charge in [-0.3, -0.25) is 9.59 Å². The van der Waals surface area contributed by atoms with Crippen LogP contribution in [-0.4, -0.2) is 42.5 Å². The minimum atomic E-state index is -0.815. The summed E-state index contributed by atoms with van der Waals surface area (Å²) in [5, 5.41) is 11.2. The van der Waals surface area contributed by atoms with E-state index in [2.05, 4.69) is 6.92 Å². The summed E-state index contributed by atoms with van der Waals surface area (Å²) >= 11 is 0. The lowest BCUT2D eigenvalue weighted by atomic mass is 9.98. The van der Waals surface area contributed by atoms with Gasteiger partial charge in [0.15, 0.2) is 0 Å². The van der Waals surface area contributed by atoms with Gasteiger partial charge in [-0.1, -0.05) is 25.8 Å². The van der Waals surface area contributed by atoms with Crippen molar-refractivity contribution in [2.75, 3.05) is 20.8 Å². The summed E-state index contributed by atoms with van der Waals surface area (Å²) in [6.45, 7) is 4.24. The smallest absolute Gasteiger partial charge is 0.295 e. The maximum absolute atomic E-state index is 13.0. The van der Waals surface area contributed by atoms with Crippen molar-refractivity contribution in [2.45, 2.75) is 39.2 Å². The molecule has 1 amide bonds. The topological polar surface area (TPSA) is 89.2 Å². The number of nitrogens with zero attached hydrogens (tertiary/aromatic N) is 1. The Balaban J connectivity index is 2.20. The molecule has 160 valence electrons. The maximum Gasteiger partial charge on any atom is 0.295 e. The van der Waals surface area contributed by atoms with Gasteiger partial charge in [0.05, 0.1) is 19.8 Å². The number of ether oxygens (including phenoxy) is 2. The molecule has 1 aromatic heterocycles. The molecule has 1 aromatic carbocycles. The zero-order valence-electron chi connectivity index (χ0n) is 17.7. The molecule has 0 radical (unpaired) electrons. The zero-order chi connectivity index (χ0) is 21.8. The molecule has 1 saturated heterocycles. The first kappa shape index (κ1) is 21.5. The molecule has 1 unspecified atom stereocenters. The van der Waals surface area contributed by atoms with Gasteiger partial charge < -0.3 is 23.9 Å². The quantitative estimate of drug-likeness (QED) is 0.302. The summed E-state index contributed by atoms with van der Waals surface area (Å²) in [7, 11) is 2.92. The van der Waals surface area contributed by atoms with Crippen LogP contribution in [0.3, 0.4) is 0 Å². The summed E-state index contributed by atoms with van der Waals surface area (Å²) < 4.78 is 16.5. The van der Waals surface area contributed by atoms with Gasteiger partial charge in [-0.15, -0.1) is 0 Å². The summed E-state index contributed by atoms with van der Waals surface area (Å²) in [5.74, 6) is -0.00859. The molecule has 7 nitrogen and oxygen atoms in total. The minimum Gasteiger partial charge on any atom is -0.506 e. The van der Waals surface area contributed by atoms with Crippen LogP contribution in [0.15, 0.2) is 40.3 Å². The van der Waals surface area contributed by atoms with Crippen LogP contribution in [0, 0.1) is 6.92 Å². The van der Waals surface area contributed by atoms with Crippen LogP contribution in [0.25, 0.3) is 5.76 Å². The molecule has 0 spiro atoms. The van der Waals surface area contributed by atoms with Crippen molar-refractivity contribution in [1.29, 1.82) is 0 Å². The summed E-state index contributed by atoms with van der Waals surface area (Å²) in [4.78, 5) is 27.4. The van der Waals surface area contributed by atoms with E-state index in [1.807, 2.05) is 0 Å². The van der Waals surface area contributed by atoms with E-state index in [4.69, 9.17) is 13.9 Å². The monoisotopic (exact) mass is 413 g/mol. The number of aliphatic hydroxyl groups is 1. The van der Waals surface area contributed by atoms with Crippen molar-refractivity contribution in [3.63, 3.8) is 0 Å². The highest BCUT2D eigenvalue weighted by Gasteiger charge is 2.47. The minimum absolute atomic E-state index is 0.0337. The van der Waals surface area contributed by atoms with Crippen LogP contribution in [0.4, 0.5) is 0 Å². The third-order valence-electron chi connectivity index (χ3n) is 5.24. The Kier molecular flexibility index (Phi) is 6.50. The molecule has 3 rings (SSSR count). The molecule has 0 aliphatic carbocycles. The Hall–Kier alpha value is -3.22. The molecular weight excluding hydrogens is 386 g/mol. The molecule has 1 aliphatic rings. The average molecular weight is 413 g/mol. The Labute approximate surface area is 175 Å². The number of unbranched alkanes of at least 4 members (excludes halogenated alkanes) is 2. The van der Waals surface area contributed by atoms with E-state index in [0.717, 1.165) is 19.3 Å². The molecule has 1 N–H and O–H groups in total. The summed E-state index contributed by atoms with van der Waals surface area (Å²) in [6.07, 6.45) is 2.65. The third kappa shape index (κ3) is 3.79. The largest absolute Gasteiger partial charge is 0.506 e. The number of hydrogen-bond acceptors (Lipinski definition) is 6. The van der Waals surface area contributed by atoms with Gasteiger partial charge in [-0.05, 0) is 37.6 Å². The fourth-order valence-electron chi connectivity index (χ4n) is 3.76. The van der Waals surface area contributed by atoms with Gasteiger partial charge >= 0.3 is 0 Å². The predicted octanol–water partition coefficient (Wildman–Crippen LogP) is 4.22. The van der Waals surface area contributed by atoms with Crippen LogP contribution >= 0.6 is 0 Å². The predicted molar refractivity (Wildman–Crippen MR) is 112 cm³/mol. The number of Topliss-reactive ketones (excluding diaryl/α,β-unsaturated/α-hetero) is 1. The fraction of sp³-hybridized carbons (Fsp3) is 0.391. The van der Waals surface area contributed by atoms with Crippen molar-refractivity contribution < 1.29 is 28.6 Å². The van der Waals surface area contributed by atoms with E-state index in [-0.39, 0.29) is 16.9 Å². The highest BCUT2D eigenvalue weighted by molar-refractivity contribution is 6.46. The Morgan fingerprint density at radius 1 is 1.10 bits per heavy atom. The normalized spacial score (nSPS) is 18.1. The number of hydrogen-bond donors (Lipinski definition) is 1. The summed E-state index contributed by atoms with van der Waals surface area (Å²) in [6, 6.07) is 7.70. The van der Waals surface area contributed by atoms with Crippen molar-refractivity contribution in [1.82, 2.24) is 4.90 Å². The van der Waals surface area contributed by atoms with Gasteiger partial charge in [-0.2, -0.15) is 0 Å². The van der Waals surface area contributed by atoms with Crippen molar-refractivity contribution >= 4 is 17.4 Å². The van der Waals surface area contributed by atoms with Crippen molar-refractivity contribution in [2.24, 2.45) is 0 Å². The average Bonchev–Trinajstić information content (AvgIpc) is 3.28. The Bertz CT molecular complexity index is 952. The fourth-order valence-corrected chi connectivity index (χ4v) is 3.76. The number of carbonyl (C=O) groups excluding carboxylic acids is 2.